The Balaban J connectivity index is 2.71. The second-order valence-electron chi connectivity index (χ2n) is 4.16. The lowest BCUT2D eigenvalue weighted by Gasteiger charge is -2.24. The Morgan fingerprint density at radius 2 is 2.24 bits per heavy atom. The molecule has 6 heteroatoms. The van der Waals surface area contributed by atoms with Crippen molar-refractivity contribution in [1.82, 2.24) is 9.80 Å². The monoisotopic (exact) mass is 242 g/mol. The first-order valence-electron chi connectivity index (χ1n) is 5.41. The van der Waals surface area contributed by atoms with Gasteiger partial charge in [0.25, 0.3) is 0 Å². The van der Waals surface area contributed by atoms with Gasteiger partial charge in [0.1, 0.15) is 12.6 Å². The standard InChI is InChI=1S/C11H18N2O4/c1-4-5-17-11(16)13-7-8(14)6-9(13)10(15)12(2)3/h4,8-9,14H,1,5-7H2,2-3H3/t8-,9+/m1/s1. The summed E-state index contributed by atoms with van der Waals surface area (Å²) in [6, 6.07) is -0.641. The fourth-order valence-electron chi connectivity index (χ4n) is 1.76. The summed E-state index contributed by atoms with van der Waals surface area (Å²) in [5.41, 5.74) is 0. The van der Waals surface area contributed by atoms with E-state index in [1.807, 2.05) is 0 Å². The molecule has 1 fully saturated rings. The van der Waals surface area contributed by atoms with Crippen LogP contribution in [-0.2, 0) is 9.53 Å². The highest BCUT2D eigenvalue weighted by Crippen LogP contribution is 2.20. The number of nitrogens with zero attached hydrogens (tertiary/aromatic N) is 2. The number of carbonyl (C=O) groups is 2. The van der Waals surface area contributed by atoms with Crippen LogP contribution in [0.25, 0.3) is 0 Å². The van der Waals surface area contributed by atoms with Gasteiger partial charge in [-0.25, -0.2) is 4.79 Å². The average molecular weight is 242 g/mol. The van der Waals surface area contributed by atoms with Crippen molar-refractivity contribution in [1.29, 1.82) is 0 Å². The van der Waals surface area contributed by atoms with E-state index in [2.05, 4.69) is 6.58 Å². The predicted octanol–water partition coefficient (Wildman–Crippen LogP) is -0.168. The third kappa shape index (κ3) is 3.20. The van der Waals surface area contributed by atoms with Gasteiger partial charge in [-0.05, 0) is 0 Å². The molecule has 0 aromatic heterocycles. The molecule has 1 rings (SSSR count). The molecule has 96 valence electrons. The Morgan fingerprint density at radius 3 is 2.76 bits per heavy atom. The third-order valence-corrected chi connectivity index (χ3v) is 2.56. The first-order chi connectivity index (χ1) is 7.97. The Kier molecular flexibility index (Phi) is 4.51. The van der Waals surface area contributed by atoms with E-state index in [-0.39, 0.29) is 25.5 Å². The lowest BCUT2D eigenvalue weighted by atomic mass is 10.2. The minimum atomic E-state index is -0.680. The lowest BCUT2D eigenvalue weighted by Crippen LogP contribution is -2.45. The second kappa shape index (κ2) is 5.67. The Hall–Kier alpha value is -1.56. The van der Waals surface area contributed by atoms with Crippen LogP contribution in [0.3, 0.4) is 0 Å². The summed E-state index contributed by atoms with van der Waals surface area (Å²) in [5, 5.41) is 9.53. The maximum atomic E-state index is 11.8. The number of likely N-dealkylation sites (N-methyl/N-ethyl adjacent to an activating group) is 1. The van der Waals surface area contributed by atoms with E-state index in [0.29, 0.717) is 0 Å². The van der Waals surface area contributed by atoms with Crippen molar-refractivity contribution in [2.24, 2.45) is 0 Å². The average Bonchev–Trinajstić information content (AvgIpc) is 2.66. The first-order valence-corrected chi connectivity index (χ1v) is 5.41. The topological polar surface area (TPSA) is 70.1 Å². The van der Waals surface area contributed by atoms with E-state index < -0.39 is 18.2 Å². The van der Waals surface area contributed by atoms with Gasteiger partial charge in [-0.2, -0.15) is 0 Å². The number of likely N-dealkylation sites (tertiary alicyclic amines) is 1. The Bertz CT molecular complexity index is 317. The van der Waals surface area contributed by atoms with Crippen LogP contribution in [-0.4, -0.2) is 66.3 Å². The largest absolute Gasteiger partial charge is 0.445 e. The van der Waals surface area contributed by atoms with Crippen LogP contribution < -0.4 is 0 Å². The summed E-state index contributed by atoms with van der Waals surface area (Å²) in [6.45, 7) is 3.65. The molecule has 1 aliphatic heterocycles. The molecule has 2 amide bonds. The van der Waals surface area contributed by atoms with Gasteiger partial charge >= 0.3 is 6.09 Å². The number of hydrogen-bond donors (Lipinski definition) is 1. The number of carbonyl (C=O) groups excluding carboxylic acids is 2. The van der Waals surface area contributed by atoms with Crippen LogP contribution in [0.5, 0.6) is 0 Å². The van der Waals surface area contributed by atoms with Crippen LogP contribution in [0.2, 0.25) is 0 Å². The maximum absolute atomic E-state index is 11.8. The minimum absolute atomic E-state index is 0.0916. The van der Waals surface area contributed by atoms with Gasteiger partial charge in [-0.3, -0.25) is 9.69 Å². The smallest absolute Gasteiger partial charge is 0.410 e. The molecule has 1 saturated heterocycles. The van der Waals surface area contributed by atoms with Gasteiger partial charge in [-0.1, -0.05) is 12.7 Å². The van der Waals surface area contributed by atoms with E-state index in [4.69, 9.17) is 4.74 Å². The highest BCUT2D eigenvalue weighted by molar-refractivity contribution is 5.86. The summed E-state index contributed by atoms with van der Waals surface area (Å²) < 4.78 is 4.87. The van der Waals surface area contributed by atoms with Crippen LogP contribution in [0, 0.1) is 0 Å². The highest BCUT2D eigenvalue weighted by Gasteiger charge is 2.40. The molecule has 0 unspecified atom stereocenters. The molecule has 2 atom stereocenters. The summed E-state index contributed by atoms with van der Waals surface area (Å²) in [4.78, 5) is 26.1. The van der Waals surface area contributed by atoms with Crippen molar-refractivity contribution in [3.05, 3.63) is 12.7 Å². The summed E-state index contributed by atoms with van der Waals surface area (Å²) in [5.74, 6) is -0.211. The van der Waals surface area contributed by atoms with E-state index in [1.54, 1.807) is 14.1 Å². The normalized spacial score (nSPS) is 23.4. The van der Waals surface area contributed by atoms with Gasteiger partial charge < -0.3 is 14.7 Å². The fourth-order valence-corrected chi connectivity index (χ4v) is 1.76. The molecule has 1 N–H and O–H groups in total. The van der Waals surface area contributed by atoms with Crippen molar-refractivity contribution in [3.8, 4) is 0 Å². The number of hydrogen-bond acceptors (Lipinski definition) is 4. The molecule has 0 bridgehead atoms. The summed E-state index contributed by atoms with van der Waals surface area (Å²) in [7, 11) is 3.22. The molecule has 17 heavy (non-hydrogen) atoms. The zero-order valence-corrected chi connectivity index (χ0v) is 10.1. The molecular weight excluding hydrogens is 224 g/mol. The van der Waals surface area contributed by atoms with Crippen LogP contribution >= 0.6 is 0 Å². The summed E-state index contributed by atoms with van der Waals surface area (Å²) in [6.07, 6.45) is 0.426. The zero-order chi connectivity index (χ0) is 13.0. The van der Waals surface area contributed by atoms with Crippen LogP contribution in [0.4, 0.5) is 4.79 Å². The number of rotatable bonds is 3. The van der Waals surface area contributed by atoms with Crippen molar-refractivity contribution in [3.63, 3.8) is 0 Å². The van der Waals surface area contributed by atoms with Crippen molar-refractivity contribution >= 4 is 12.0 Å². The molecular formula is C11H18N2O4. The van der Waals surface area contributed by atoms with Crippen LogP contribution in [0.1, 0.15) is 6.42 Å². The molecule has 0 saturated carbocycles. The first kappa shape index (κ1) is 13.5. The molecule has 0 radical (unpaired) electrons. The number of β-amino-alcohol motifs (C(OH)–C–C–N with tert-alkyl or cyclic N) is 1. The Morgan fingerprint density at radius 1 is 1.59 bits per heavy atom. The van der Waals surface area contributed by atoms with Gasteiger partial charge in [0.05, 0.1) is 12.6 Å². The molecule has 0 aromatic rings. The van der Waals surface area contributed by atoms with Crippen molar-refractivity contribution in [2.45, 2.75) is 18.6 Å². The quantitative estimate of drug-likeness (QED) is 0.698. The van der Waals surface area contributed by atoms with Crippen LogP contribution in [0.15, 0.2) is 12.7 Å². The van der Waals surface area contributed by atoms with E-state index in [9.17, 15) is 14.7 Å². The predicted molar refractivity (Wildman–Crippen MR) is 61.4 cm³/mol. The molecule has 1 heterocycles. The fraction of sp³-hybridized carbons (Fsp3) is 0.636. The SMILES string of the molecule is C=CCOC(=O)N1C[C@H](O)C[C@H]1C(=O)N(C)C. The van der Waals surface area contributed by atoms with Crippen molar-refractivity contribution in [2.75, 3.05) is 27.2 Å². The number of ether oxygens (including phenoxy) is 1. The molecule has 0 spiro atoms. The van der Waals surface area contributed by atoms with E-state index >= 15 is 0 Å². The minimum Gasteiger partial charge on any atom is -0.445 e. The number of aliphatic hydroxyl groups excluding tert-OH is 1. The second-order valence-corrected chi connectivity index (χ2v) is 4.16. The third-order valence-electron chi connectivity index (χ3n) is 2.56. The van der Waals surface area contributed by atoms with E-state index in [1.165, 1.54) is 15.9 Å². The summed E-state index contributed by atoms with van der Waals surface area (Å²) >= 11 is 0. The molecule has 0 aromatic carbocycles. The highest BCUT2D eigenvalue weighted by atomic mass is 16.6. The van der Waals surface area contributed by atoms with Gasteiger partial charge in [0.2, 0.25) is 5.91 Å². The molecule has 1 aliphatic rings. The number of aliphatic hydroxyl groups is 1. The number of amides is 2. The molecule has 6 nitrogen and oxygen atoms in total. The Labute approximate surface area is 100 Å². The zero-order valence-electron chi connectivity index (χ0n) is 10.1. The maximum Gasteiger partial charge on any atom is 0.410 e. The lowest BCUT2D eigenvalue weighted by molar-refractivity contribution is -0.133. The van der Waals surface area contributed by atoms with Gasteiger partial charge in [-0.15, -0.1) is 0 Å². The van der Waals surface area contributed by atoms with Crippen molar-refractivity contribution < 1.29 is 19.4 Å². The van der Waals surface area contributed by atoms with E-state index in [0.717, 1.165) is 0 Å². The van der Waals surface area contributed by atoms with Gasteiger partial charge in [0, 0.05) is 20.5 Å². The van der Waals surface area contributed by atoms with Gasteiger partial charge in [0.15, 0.2) is 0 Å². The molecule has 0 aliphatic carbocycles.